The number of aromatic nitrogens is 2. The highest BCUT2D eigenvalue weighted by atomic mass is 19.1. The first-order valence-electron chi connectivity index (χ1n) is 7.79. The normalized spacial score (nSPS) is 14.8. The van der Waals surface area contributed by atoms with E-state index in [0.717, 1.165) is 29.9 Å². The lowest BCUT2D eigenvalue weighted by molar-refractivity contribution is 0.122. The molecule has 23 heavy (non-hydrogen) atoms. The first-order valence-corrected chi connectivity index (χ1v) is 7.79. The van der Waals surface area contributed by atoms with Crippen molar-refractivity contribution < 1.29 is 9.13 Å². The third kappa shape index (κ3) is 3.76. The lowest BCUT2D eigenvalue weighted by Gasteiger charge is -2.29. The van der Waals surface area contributed by atoms with Gasteiger partial charge in [0.25, 0.3) is 0 Å². The van der Waals surface area contributed by atoms with Gasteiger partial charge < -0.3 is 15.0 Å². The highest BCUT2D eigenvalue weighted by molar-refractivity contribution is 5.50. The molecule has 1 saturated heterocycles. The number of rotatable bonds is 4. The number of anilines is 2. The first kappa shape index (κ1) is 15.7. The summed E-state index contributed by atoms with van der Waals surface area (Å²) in [6.07, 6.45) is 0. The van der Waals surface area contributed by atoms with Crippen LogP contribution in [0.15, 0.2) is 24.3 Å². The summed E-state index contributed by atoms with van der Waals surface area (Å²) in [6, 6.07) is 7.30. The molecule has 6 heteroatoms. The van der Waals surface area contributed by atoms with E-state index in [-0.39, 0.29) is 5.82 Å². The van der Waals surface area contributed by atoms with Crippen LogP contribution < -0.4 is 10.2 Å². The Balaban J connectivity index is 1.66. The van der Waals surface area contributed by atoms with Crippen LogP contribution in [0.4, 0.5) is 15.9 Å². The monoisotopic (exact) mass is 316 g/mol. The SMILES string of the molecule is Cc1cc(NCc2ccc(N3CCOCC3)c(F)c2)nnc1C. The maximum Gasteiger partial charge on any atom is 0.149 e. The van der Waals surface area contributed by atoms with Crippen molar-refractivity contribution in [1.29, 1.82) is 0 Å². The van der Waals surface area contributed by atoms with E-state index in [0.29, 0.717) is 31.3 Å². The second-order valence-corrected chi connectivity index (χ2v) is 5.74. The summed E-state index contributed by atoms with van der Waals surface area (Å²) in [5.74, 6) is 0.503. The van der Waals surface area contributed by atoms with Gasteiger partial charge in [-0.2, -0.15) is 5.10 Å². The molecule has 122 valence electrons. The fraction of sp³-hybridized carbons (Fsp3) is 0.412. The molecule has 1 aromatic heterocycles. The van der Waals surface area contributed by atoms with Crippen LogP contribution in [-0.4, -0.2) is 36.5 Å². The van der Waals surface area contributed by atoms with Gasteiger partial charge in [-0.25, -0.2) is 4.39 Å². The lowest BCUT2D eigenvalue weighted by Crippen LogP contribution is -2.36. The molecule has 0 saturated carbocycles. The molecule has 0 spiro atoms. The molecule has 1 aliphatic heterocycles. The van der Waals surface area contributed by atoms with Gasteiger partial charge in [-0.05, 0) is 43.2 Å². The van der Waals surface area contributed by atoms with Crippen molar-refractivity contribution in [3.05, 3.63) is 46.9 Å². The predicted octanol–water partition coefficient (Wildman–Crippen LogP) is 2.68. The van der Waals surface area contributed by atoms with Crippen LogP contribution in [0.3, 0.4) is 0 Å². The maximum atomic E-state index is 14.3. The minimum absolute atomic E-state index is 0.197. The highest BCUT2D eigenvalue weighted by Gasteiger charge is 2.15. The Bertz CT molecular complexity index is 686. The number of hydrogen-bond acceptors (Lipinski definition) is 5. The van der Waals surface area contributed by atoms with E-state index in [1.807, 2.05) is 36.9 Å². The summed E-state index contributed by atoms with van der Waals surface area (Å²) >= 11 is 0. The van der Waals surface area contributed by atoms with Gasteiger partial charge in [0.15, 0.2) is 0 Å². The molecule has 1 aromatic carbocycles. The van der Waals surface area contributed by atoms with Crippen LogP contribution in [0.1, 0.15) is 16.8 Å². The summed E-state index contributed by atoms with van der Waals surface area (Å²) in [4.78, 5) is 2.02. The van der Waals surface area contributed by atoms with Gasteiger partial charge >= 0.3 is 0 Å². The van der Waals surface area contributed by atoms with E-state index in [4.69, 9.17) is 4.74 Å². The largest absolute Gasteiger partial charge is 0.378 e. The molecule has 0 unspecified atom stereocenters. The summed E-state index contributed by atoms with van der Waals surface area (Å²) in [6.45, 7) is 7.18. The zero-order valence-corrected chi connectivity index (χ0v) is 13.5. The summed E-state index contributed by atoms with van der Waals surface area (Å²) < 4.78 is 19.6. The number of aryl methyl sites for hydroxylation is 2. The molecule has 2 heterocycles. The number of halogens is 1. The molecular formula is C17H21FN4O. The second-order valence-electron chi connectivity index (χ2n) is 5.74. The number of ether oxygens (including phenoxy) is 1. The minimum Gasteiger partial charge on any atom is -0.378 e. The van der Waals surface area contributed by atoms with Crippen molar-refractivity contribution in [2.45, 2.75) is 20.4 Å². The van der Waals surface area contributed by atoms with Crippen LogP contribution in [0.25, 0.3) is 0 Å². The fourth-order valence-electron chi connectivity index (χ4n) is 2.55. The van der Waals surface area contributed by atoms with Crippen molar-refractivity contribution >= 4 is 11.5 Å². The maximum absolute atomic E-state index is 14.3. The molecule has 1 aliphatic rings. The molecule has 0 bridgehead atoms. The van der Waals surface area contributed by atoms with Gasteiger partial charge in [0.2, 0.25) is 0 Å². The Morgan fingerprint density at radius 2 is 1.96 bits per heavy atom. The molecular weight excluding hydrogens is 295 g/mol. The van der Waals surface area contributed by atoms with E-state index in [1.165, 1.54) is 0 Å². The van der Waals surface area contributed by atoms with Crippen LogP contribution in [-0.2, 0) is 11.3 Å². The van der Waals surface area contributed by atoms with Gasteiger partial charge in [0.05, 0.1) is 24.6 Å². The van der Waals surface area contributed by atoms with E-state index < -0.39 is 0 Å². The Hall–Kier alpha value is -2.21. The van der Waals surface area contributed by atoms with E-state index in [2.05, 4.69) is 15.5 Å². The average molecular weight is 316 g/mol. The van der Waals surface area contributed by atoms with Gasteiger partial charge in [-0.1, -0.05) is 6.07 Å². The first-order chi connectivity index (χ1) is 11.1. The second kappa shape index (κ2) is 6.91. The molecule has 5 nitrogen and oxygen atoms in total. The molecule has 3 rings (SSSR count). The molecule has 0 atom stereocenters. The van der Waals surface area contributed by atoms with Gasteiger partial charge in [-0.3, -0.25) is 0 Å². The number of benzene rings is 1. The molecule has 0 radical (unpaired) electrons. The third-order valence-electron chi connectivity index (χ3n) is 4.07. The van der Waals surface area contributed by atoms with Crippen molar-refractivity contribution in [1.82, 2.24) is 10.2 Å². The number of nitrogens with one attached hydrogen (secondary N) is 1. The van der Waals surface area contributed by atoms with Crippen LogP contribution in [0, 0.1) is 19.7 Å². The third-order valence-corrected chi connectivity index (χ3v) is 4.07. The van der Waals surface area contributed by atoms with E-state index >= 15 is 0 Å². The van der Waals surface area contributed by atoms with Gasteiger partial charge in [0, 0.05) is 19.6 Å². The van der Waals surface area contributed by atoms with Crippen LogP contribution >= 0.6 is 0 Å². The van der Waals surface area contributed by atoms with Crippen molar-refractivity contribution in [2.24, 2.45) is 0 Å². The zero-order chi connectivity index (χ0) is 16.2. The van der Waals surface area contributed by atoms with E-state index in [1.54, 1.807) is 6.07 Å². The highest BCUT2D eigenvalue weighted by Crippen LogP contribution is 2.22. The van der Waals surface area contributed by atoms with Gasteiger partial charge in [0.1, 0.15) is 11.6 Å². The smallest absolute Gasteiger partial charge is 0.149 e. The summed E-state index contributed by atoms with van der Waals surface area (Å²) in [5, 5.41) is 11.4. The van der Waals surface area contributed by atoms with Crippen molar-refractivity contribution in [2.75, 3.05) is 36.5 Å². The van der Waals surface area contributed by atoms with Crippen LogP contribution in [0.5, 0.6) is 0 Å². The topological polar surface area (TPSA) is 50.3 Å². The Labute approximate surface area is 135 Å². The molecule has 0 aliphatic carbocycles. The number of morpholine rings is 1. The standard InChI is InChI=1S/C17H21FN4O/c1-12-9-17(21-20-13(12)2)19-11-14-3-4-16(15(18)10-14)22-5-7-23-8-6-22/h3-4,9-10H,5-8,11H2,1-2H3,(H,19,21). The summed E-state index contributed by atoms with van der Waals surface area (Å²) in [5.41, 5.74) is 3.51. The number of nitrogens with zero attached hydrogens (tertiary/aromatic N) is 3. The molecule has 2 aromatic rings. The summed E-state index contributed by atoms with van der Waals surface area (Å²) in [7, 11) is 0. The van der Waals surface area contributed by atoms with E-state index in [9.17, 15) is 4.39 Å². The van der Waals surface area contributed by atoms with Gasteiger partial charge in [-0.15, -0.1) is 5.10 Å². The van der Waals surface area contributed by atoms with Crippen molar-refractivity contribution in [3.63, 3.8) is 0 Å². The Morgan fingerprint density at radius 1 is 1.17 bits per heavy atom. The van der Waals surface area contributed by atoms with Crippen LogP contribution in [0.2, 0.25) is 0 Å². The predicted molar refractivity (Wildman–Crippen MR) is 88.3 cm³/mol. The zero-order valence-electron chi connectivity index (χ0n) is 13.5. The molecule has 0 amide bonds. The average Bonchev–Trinajstić information content (AvgIpc) is 2.57. The number of hydrogen-bond donors (Lipinski definition) is 1. The lowest BCUT2D eigenvalue weighted by atomic mass is 10.1. The molecule has 1 fully saturated rings. The Kier molecular flexibility index (Phi) is 4.71. The van der Waals surface area contributed by atoms with Crippen molar-refractivity contribution in [3.8, 4) is 0 Å². The minimum atomic E-state index is -0.197. The molecule has 1 N–H and O–H groups in total. The Morgan fingerprint density at radius 3 is 2.65 bits per heavy atom. The fourth-order valence-corrected chi connectivity index (χ4v) is 2.55. The quantitative estimate of drug-likeness (QED) is 0.940.